The molecule has 0 aliphatic carbocycles. The first kappa shape index (κ1) is 14.4. The van der Waals surface area contributed by atoms with Crippen molar-refractivity contribution in [2.45, 2.75) is 12.5 Å². The number of rotatable bonds is 3. The maximum atomic E-state index is 13.7. The van der Waals surface area contributed by atoms with E-state index in [2.05, 4.69) is 15.9 Å². The SMILES string of the molecule is OC(Cc1cc(Br)ccc1F)c1cccc(Cl)c1F. The second-order valence-corrected chi connectivity index (χ2v) is 5.42. The van der Waals surface area contributed by atoms with Crippen molar-refractivity contribution < 1.29 is 13.9 Å². The van der Waals surface area contributed by atoms with Crippen molar-refractivity contribution in [3.8, 4) is 0 Å². The van der Waals surface area contributed by atoms with Crippen LogP contribution in [0.25, 0.3) is 0 Å². The average molecular weight is 348 g/mol. The molecule has 0 fully saturated rings. The molecule has 1 N–H and O–H groups in total. The van der Waals surface area contributed by atoms with Gasteiger partial charge in [-0.2, -0.15) is 0 Å². The van der Waals surface area contributed by atoms with Crippen molar-refractivity contribution in [3.05, 3.63) is 68.7 Å². The zero-order valence-corrected chi connectivity index (χ0v) is 12.0. The lowest BCUT2D eigenvalue weighted by Crippen LogP contribution is -2.06. The topological polar surface area (TPSA) is 20.2 Å². The maximum absolute atomic E-state index is 13.7. The second kappa shape index (κ2) is 5.99. The van der Waals surface area contributed by atoms with Crippen molar-refractivity contribution in [2.24, 2.45) is 0 Å². The van der Waals surface area contributed by atoms with Crippen molar-refractivity contribution in [1.82, 2.24) is 0 Å². The molecule has 0 saturated heterocycles. The smallest absolute Gasteiger partial charge is 0.147 e. The maximum Gasteiger partial charge on any atom is 0.147 e. The van der Waals surface area contributed by atoms with Crippen LogP contribution in [0.3, 0.4) is 0 Å². The standard InChI is InChI=1S/C14H10BrClF2O/c15-9-4-5-12(17)8(6-9)7-13(19)10-2-1-3-11(16)14(10)18/h1-6,13,19H,7H2. The molecule has 0 aliphatic heterocycles. The first-order chi connectivity index (χ1) is 8.99. The Kier molecular flexibility index (Phi) is 4.55. The summed E-state index contributed by atoms with van der Waals surface area (Å²) in [6.45, 7) is 0. The van der Waals surface area contributed by atoms with Crippen LogP contribution in [0.15, 0.2) is 40.9 Å². The van der Waals surface area contributed by atoms with E-state index >= 15 is 0 Å². The number of benzene rings is 2. The Balaban J connectivity index is 2.28. The third kappa shape index (κ3) is 3.32. The molecule has 100 valence electrons. The van der Waals surface area contributed by atoms with Crippen LogP contribution in [0.5, 0.6) is 0 Å². The van der Waals surface area contributed by atoms with Gasteiger partial charge in [0.05, 0.1) is 11.1 Å². The molecule has 2 rings (SSSR count). The van der Waals surface area contributed by atoms with Crippen LogP contribution >= 0.6 is 27.5 Å². The van der Waals surface area contributed by atoms with E-state index in [-0.39, 0.29) is 17.0 Å². The van der Waals surface area contributed by atoms with Gasteiger partial charge < -0.3 is 5.11 Å². The molecule has 0 radical (unpaired) electrons. The Labute approximate surface area is 123 Å². The van der Waals surface area contributed by atoms with Crippen LogP contribution in [0, 0.1) is 11.6 Å². The Morgan fingerprint density at radius 3 is 2.68 bits per heavy atom. The van der Waals surface area contributed by atoms with Crippen molar-refractivity contribution >= 4 is 27.5 Å². The lowest BCUT2D eigenvalue weighted by Gasteiger charge is -2.13. The Morgan fingerprint density at radius 2 is 1.95 bits per heavy atom. The molecule has 0 aromatic heterocycles. The average Bonchev–Trinajstić information content (AvgIpc) is 2.37. The number of aliphatic hydroxyl groups is 1. The van der Waals surface area contributed by atoms with E-state index < -0.39 is 17.7 Å². The van der Waals surface area contributed by atoms with Crippen LogP contribution in [-0.2, 0) is 6.42 Å². The van der Waals surface area contributed by atoms with Crippen molar-refractivity contribution in [1.29, 1.82) is 0 Å². The van der Waals surface area contributed by atoms with Gasteiger partial charge >= 0.3 is 0 Å². The summed E-state index contributed by atoms with van der Waals surface area (Å²) in [5, 5.41) is 9.95. The summed E-state index contributed by atoms with van der Waals surface area (Å²) in [4.78, 5) is 0. The van der Waals surface area contributed by atoms with Gasteiger partial charge in [0.2, 0.25) is 0 Å². The fraction of sp³-hybridized carbons (Fsp3) is 0.143. The van der Waals surface area contributed by atoms with Gasteiger partial charge in [-0.25, -0.2) is 8.78 Å². The van der Waals surface area contributed by atoms with Gasteiger partial charge in [-0.15, -0.1) is 0 Å². The van der Waals surface area contributed by atoms with Gasteiger partial charge in [-0.05, 0) is 29.8 Å². The summed E-state index contributed by atoms with van der Waals surface area (Å²) in [5.74, 6) is -1.11. The largest absolute Gasteiger partial charge is 0.388 e. The molecule has 2 aromatic rings. The normalized spacial score (nSPS) is 12.5. The molecule has 1 nitrogen and oxygen atoms in total. The Morgan fingerprint density at radius 1 is 1.21 bits per heavy atom. The molecule has 0 aliphatic rings. The predicted octanol–water partition coefficient (Wildman–Crippen LogP) is 4.66. The second-order valence-electron chi connectivity index (χ2n) is 4.10. The lowest BCUT2D eigenvalue weighted by molar-refractivity contribution is 0.172. The number of hydrogen-bond donors (Lipinski definition) is 1. The van der Waals surface area contributed by atoms with Gasteiger partial charge in [-0.1, -0.05) is 39.7 Å². The molecule has 2 aromatic carbocycles. The fourth-order valence-electron chi connectivity index (χ4n) is 1.80. The van der Waals surface area contributed by atoms with Crippen molar-refractivity contribution in [2.75, 3.05) is 0 Å². The summed E-state index contributed by atoms with van der Waals surface area (Å²) in [6, 6.07) is 8.78. The summed E-state index contributed by atoms with van der Waals surface area (Å²) < 4.78 is 28.0. The number of hydrogen-bond acceptors (Lipinski definition) is 1. The molecule has 0 amide bonds. The van der Waals surface area contributed by atoms with Gasteiger partial charge in [-0.3, -0.25) is 0 Å². The summed E-state index contributed by atoms with van der Waals surface area (Å²) >= 11 is 8.87. The minimum absolute atomic E-state index is 0.0253. The first-order valence-corrected chi connectivity index (χ1v) is 6.72. The minimum Gasteiger partial charge on any atom is -0.388 e. The van der Waals surface area contributed by atoms with Crippen molar-refractivity contribution in [3.63, 3.8) is 0 Å². The molecular weight excluding hydrogens is 338 g/mol. The predicted molar refractivity (Wildman–Crippen MR) is 74.2 cm³/mol. The molecular formula is C14H10BrClF2O. The summed E-state index contributed by atoms with van der Waals surface area (Å²) in [7, 11) is 0. The van der Waals surface area contributed by atoms with Crippen LogP contribution in [0.1, 0.15) is 17.2 Å². The quantitative estimate of drug-likeness (QED) is 0.856. The van der Waals surface area contributed by atoms with E-state index in [0.717, 1.165) is 0 Å². The van der Waals surface area contributed by atoms with Crippen LogP contribution in [0.4, 0.5) is 8.78 Å². The fourth-order valence-corrected chi connectivity index (χ4v) is 2.39. The highest BCUT2D eigenvalue weighted by molar-refractivity contribution is 9.10. The molecule has 1 atom stereocenters. The van der Waals surface area contributed by atoms with Gasteiger partial charge in [0.1, 0.15) is 11.6 Å². The molecule has 5 heteroatoms. The molecule has 1 unspecified atom stereocenters. The van der Waals surface area contributed by atoms with E-state index in [9.17, 15) is 13.9 Å². The first-order valence-electron chi connectivity index (χ1n) is 5.55. The van der Waals surface area contributed by atoms with Gasteiger partial charge in [0.15, 0.2) is 0 Å². The van der Waals surface area contributed by atoms with Gasteiger partial charge in [0, 0.05) is 16.5 Å². The highest BCUT2D eigenvalue weighted by atomic mass is 79.9. The molecule has 0 saturated carbocycles. The lowest BCUT2D eigenvalue weighted by atomic mass is 10.0. The number of halogens is 4. The van der Waals surface area contributed by atoms with Crippen LogP contribution < -0.4 is 0 Å². The van der Waals surface area contributed by atoms with E-state index in [0.29, 0.717) is 10.0 Å². The summed E-state index contributed by atoms with van der Waals surface area (Å²) in [6.07, 6.45) is -1.18. The monoisotopic (exact) mass is 346 g/mol. The Hall–Kier alpha value is -0.970. The molecule has 0 bridgehead atoms. The molecule has 0 heterocycles. The zero-order valence-electron chi connectivity index (χ0n) is 9.71. The van der Waals surface area contributed by atoms with E-state index in [1.807, 2.05) is 0 Å². The highest BCUT2D eigenvalue weighted by Gasteiger charge is 2.17. The third-order valence-corrected chi connectivity index (χ3v) is 3.55. The zero-order chi connectivity index (χ0) is 14.0. The summed E-state index contributed by atoms with van der Waals surface area (Å²) in [5.41, 5.74) is 0.369. The van der Waals surface area contributed by atoms with E-state index in [1.54, 1.807) is 18.2 Å². The molecule has 0 spiro atoms. The highest BCUT2D eigenvalue weighted by Crippen LogP contribution is 2.27. The van der Waals surface area contributed by atoms with Crippen LogP contribution in [0.2, 0.25) is 5.02 Å². The van der Waals surface area contributed by atoms with E-state index in [4.69, 9.17) is 11.6 Å². The number of aliphatic hydroxyl groups excluding tert-OH is 1. The van der Waals surface area contributed by atoms with Gasteiger partial charge in [0.25, 0.3) is 0 Å². The Bertz CT molecular complexity index is 604. The third-order valence-electron chi connectivity index (χ3n) is 2.76. The molecule has 19 heavy (non-hydrogen) atoms. The van der Waals surface area contributed by atoms with E-state index in [1.165, 1.54) is 18.2 Å². The minimum atomic E-state index is -1.15. The van der Waals surface area contributed by atoms with Crippen LogP contribution in [-0.4, -0.2) is 5.11 Å².